The summed E-state index contributed by atoms with van der Waals surface area (Å²) in [5, 5.41) is 19.4. The molecule has 2 unspecified atom stereocenters. The van der Waals surface area contributed by atoms with Crippen LogP contribution in [-0.4, -0.2) is 52.3 Å². The molecule has 1 aromatic carbocycles. The fourth-order valence-corrected chi connectivity index (χ4v) is 6.39. The maximum absolute atomic E-state index is 13.3. The molecule has 0 N–H and O–H groups in total. The first-order valence-electron chi connectivity index (χ1n) is 12.1. The molecule has 3 aromatic heterocycles. The van der Waals surface area contributed by atoms with E-state index in [-0.39, 0.29) is 18.2 Å². The van der Waals surface area contributed by atoms with E-state index in [0.717, 1.165) is 22.5 Å². The van der Waals surface area contributed by atoms with E-state index in [9.17, 15) is 18.0 Å². The lowest BCUT2D eigenvalue weighted by atomic mass is 9.94. The van der Waals surface area contributed by atoms with Crippen LogP contribution in [0.15, 0.2) is 46.9 Å². The summed E-state index contributed by atoms with van der Waals surface area (Å²) < 4.78 is 43.0. The number of hydrogen-bond acceptors (Lipinski definition) is 8. The number of carbonyl (C=O) groups excluding carboxylic acids is 1. The molecule has 1 aliphatic rings. The maximum atomic E-state index is 13.3. The fourth-order valence-electron chi connectivity index (χ4n) is 4.54. The van der Waals surface area contributed by atoms with Gasteiger partial charge in [-0.05, 0) is 48.4 Å². The summed E-state index contributed by atoms with van der Waals surface area (Å²) in [6, 6.07) is 10.6. The van der Waals surface area contributed by atoms with Gasteiger partial charge in [0.15, 0.2) is 5.69 Å². The Labute approximate surface area is 225 Å². The van der Waals surface area contributed by atoms with Crippen molar-refractivity contribution in [1.82, 2.24) is 39.9 Å². The van der Waals surface area contributed by atoms with Gasteiger partial charge in [-0.25, -0.2) is 9.67 Å². The van der Waals surface area contributed by atoms with Crippen LogP contribution in [0.25, 0.3) is 5.69 Å². The number of aryl methyl sites for hydroxylation is 1. The highest BCUT2D eigenvalue weighted by Gasteiger charge is 2.39. The summed E-state index contributed by atoms with van der Waals surface area (Å²) >= 11 is 2.99. The molecule has 5 rings (SSSR count). The number of likely N-dealkylation sites (tertiary alicyclic amines) is 1. The van der Waals surface area contributed by atoms with Crippen molar-refractivity contribution in [3.63, 3.8) is 0 Å². The largest absolute Gasteiger partial charge is 0.435 e. The molecule has 0 saturated carbocycles. The quantitative estimate of drug-likeness (QED) is 0.284. The van der Waals surface area contributed by atoms with E-state index in [1.807, 2.05) is 35.7 Å². The molecule has 14 heteroatoms. The maximum Gasteiger partial charge on any atom is 0.435 e. The summed E-state index contributed by atoms with van der Waals surface area (Å²) in [5.41, 5.74) is 1.15. The molecular weight excluding hydrogens is 537 g/mol. The predicted octanol–water partition coefficient (Wildman–Crippen LogP) is 5.25. The second-order valence-corrected chi connectivity index (χ2v) is 10.8. The number of alkyl halides is 3. The second kappa shape index (κ2) is 10.8. The van der Waals surface area contributed by atoms with E-state index in [1.54, 1.807) is 23.4 Å². The van der Waals surface area contributed by atoms with Gasteiger partial charge in [-0.15, -0.1) is 16.4 Å². The number of tetrazole rings is 1. The van der Waals surface area contributed by atoms with Crippen LogP contribution in [0, 0.1) is 6.92 Å². The molecule has 9 nitrogen and oxygen atoms in total. The average molecular weight is 563 g/mol. The molecule has 38 heavy (non-hydrogen) atoms. The summed E-state index contributed by atoms with van der Waals surface area (Å²) in [6.45, 7) is 3.77. The molecular formula is C24H25F3N8OS2. The predicted molar refractivity (Wildman–Crippen MR) is 136 cm³/mol. The molecule has 4 heterocycles. The van der Waals surface area contributed by atoms with Crippen LogP contribution in [0.4, 0.5) is 13.2 Å². The van der Waals surface area contributed by atoms with Crippen molar-refractivity contribution in [1.29, 1.82) is 0 Å². The number of thiazole rings is 1. The summed E-state index contributed by atoms with van der Waals surface area (Å²) in [6.07, 6.45) is -3.76. The fraction of sp³-hybridized carbons (Fsp3) is 0.417. The van der Waals surface area contributed by atoms with Gasteiger partial charge in [-0.3, -0.25) is 4.79 Å². The van der Waals surface area contributed by atoms with E-state index in [0.29, 0.717) is 36.0 Å². The van der Waals surface area contributed by atoms with Crippen LogP contribution in [-0.2, 0) is 16.7 Å². The number of hydrogen-bond donors (Lipinski definition) is 0. The van der Waals surface area contributed by atoms with Crippen molar-refractivity contribution in [2.24, 2.45) is 0 Å². The number of nitrogens with zero attached hydrogens (tertiary/aromatic N) is 8. The first kappa shape index (κ1) is 26.4. The third-order valence-corrected chi connectivity index (χ3v) is 8.41. The van der Waals surface area contributed by atoms with Crippen molar-refractivity contribution >= 4 is 29.0 Å². The lowest BCUT2D eigenvalue weighted by Gasteiger charge is -2.39. The molecule has 0 bridgehead atoms. The minimum absolute atomic E-state index is 0.00256. The SMILES string of the molecule is CCC(=O)N1CCC(c2nc(CSc3nnnn3-c3ccccc3)cs2)CC1n1nc(C(F)(F)F)cc1C. The van der Waals surface area contributed by atoms with Gasteiger partial charge >= 0.3 is 6.18 Å². The number of piperidine rings is 1. The van der Waals surface area contributed by atoms with Crippen LogP contribution >= 0.6 is 23.1 Å². The standard InChI is InChI=1S/C24H25F3N8OS2/c1-3-21(36)33-10-9-16(12-20(33)34-15(2)11-19(30-34)24(25,26)27)22-28-17(13-37-22)14-38-23-29-31-32-35(23)18-7-5-4-6-8-18/h4-8,11,13,16,20H,3,9-10,12,14H2,1-2H3. The van der Waals surface area contributed by atoms with Gasteiger partial charge in [0.1, 0.15) is 6.17 Å². The van der Waals surface area contributed by atoms with Gasteiger partial charge in [0.25, 0.3) is 0 Å². The smallest absolute Gasteiger partial charge is 0.320 e. The van der Waals surface area contributed by atoms with Crippen molar-refractivity contribution in [3.8, 4) is 5.69 Å². The molecule has 4 aromatic rings. The number of thioether (sulfide) groups is 1. The van der Waals surface area contributed by atoms with Crippen molar-refractivity contribution in [3.05, 3.63) is 63.9 Å². The van der Waals surface area contributed by atoms with Crippen LogP contribution in [0.5, 0.6) is 0 Å². The number of benzene rings is 1. The number of aromatic nitrogens is 7. The van der Waals surface area contributed by atoms with Gasteiger partial charge in [-0.1, -0.05) is 36.9 Å². The number of amides is 1. The zero-order valence-corrected chi connectivity index (χ0v) is 22.3. The summed E-state index contributed by atoms with van der Waals surface area (Å²) in [4.78, 5) is 19.1. The third kappa shape index (κ3) is 5.46. The van der Waals surface area contributed by atoms with Gasteiger partial charge in [0.2, 0.25) is 11.1 Å². The zero-order chi connectivity index (χ0) is 26.9. The minimum Gasteiger partial charge on any atom is -0.320 e. The van der Waals surface area contributed by atoms with Gasteiger partial charge < -0.3 is 4.90 Å². The lowest BCUT2D eigenvalue weighted by Crippen LogP contribution is -2.43. The van der Waals surface area contributed by atoms with Crippen molar-refractivity contribution < 1.29 is 18.0 Å². The minimum atomic E-state index is -4.55. The highest BCUT2D eigenvalue weighted by molar-refractivity contribution is 7.98. The average Bonchev–Trinajstić information content (AvgIpc) is 3.66. The third-order valence-electron chi connectivity index (χ3n) is 6.40. The molecule has 1 amide bonds. The number of carbonyl (C=O) groups is 1. The lowest BCUT2D eigenvalue weighted by molar-refractivity contribution is -0.142. The summed E-state index contributed by atoms with van der Waals surface area (Å²) in [5.74, 6) is 0.453. The Morgan fingerprint density at radius 3 is 2.74 bits per heavy atom. The van der Waals surface area contributed by atoms with Crippen LogP contribution in [0.2, 0.25) is 0 Å². The Kier molecular flexibility index (Phi) is 7.52. The molecule has 1 fully saturated rings. The zero-order valence-electron chi connectivity index (χ0n) is 20.7. The molecule has 0 spiro atoms. The van der Waals surface area contributed by atoms with E-state index in [1.165, 1.54) is 27.8 Å². The van der Waals surface area contributed by atoms with Gasteiger partial charge in [0.05, 0.1) is 16.4 Å². The summed E-state index contributed by atoms with van der Waals surface area (Å²) in [7, 11) is 0. The van der Waals surface area contributed by atoms with E-state index in [4.69, 9.17) is 4.98 Å². The van der Waals surface area contributed by atoms with Crippen LogP contribution < -0.4 is 0 Å². The monoisotopic (exact) mass is 562 g/mol. The van der Waals surface area contributed by atoms with Crippen molar-refractivity contribution in [2.75, 3.05) is 6.54 Å². The first-order valence-corrected chi connectivity index (χ1v) is 13.9. The highest BCUT2D eigenvalue weighted by atomic mass is 32.2. The second-order valence-electron chi connectivity index (χ2n) is 8.93. The van der Waals surface area contributed by atoms with E-state index in [2.05, 4.69) is 20.6 Å². The number of para-hydroxylation sites is 1. The molecule has 200 valence electrons. The molecule has 1 aliphatic heterocycles. The first-order chi connectivity index (χ1) is 18.2. The van der Waals surface area contributed by atoms with E-state index < -0.39 is 18.0 Å². The Morgan fingerprint density at radius 1 is 1.24 bits per heavy atom. The van der Waals surface area contributed by atoms with Crippen LogP contribution in [0.1, 0.15) is 60.4 Å². The van der Waals surface area contributed by atoms with Crippen LogP contribution in [0.3, 0.4) is 0 Å². The molecule has 2 atom stereocenters. The highest BCUT2D eigenvalue weighted by Crippen LogP contribution is 2.40. The number of halogens is 3. The molecule has 1 saturated heterocycles. The van der Waals surface area contributed by atoms with E-state index >= 15 is 0 Å². The molecule has 0 aliphatic carbocycles. The Bertz CT molecular complexity index is 1400. The Hall–Kier alpha value is -3.26. The topological polar surface area (TPSA) is 94.6 Å². The van der Waals surface area contributed by atoms with Gasteiger partial charge in [-0.2, -0.15) is 23.0 Å². The normalized spacial score (nSPS) is 18.2. The van der Waals surface area contributed by atoms with Crippen molar-refractivity contribution in [2.45, 2.75) is 62.3 Å². The Morgan fingerprint density at radius 2 is 2.03 bits per heavy atom. The van der Waals surface area contributed by atoms with Gasteiger partial charge in [0, 0.05) is 35.7 Å². The molecule has 0 radical (unpaired) electrons. The Balaban J connectivity index is 1.32. The number of rotatable bonds is 7.